The Bertz CT molecular complexity index is 1040. The van der Waals surface area contributed by atoms with Crippen molar-refractivity contribution in [1.29, 1.82) is 0 Å². The van der Waals surface area contributed by atoms with Crippen LogP contribution in [-0.2, 0) is 0 Å². The van der Waals surface area contributed by atoms with E-state index in [1.54, 1.807) is 48.5 Å². The van der Waals surface area contributed by atoms with Crippen molar-refractivity contribution in [3.63, 3.8) is 0 Å². The monoisotopic (exact) mass is 392 g/mol. The lowest BCUT2D eigenvalue weighted by molar-refractivity contribution is 0.0725. The largest absolute Gasteiger partial charge is 0.451 e. The third kappa shape index (κ3) is 4.06. The summed E-state index contributed by atoms with van der Waals surface area (Å²) in [6.45, 7) is 1.45. The van der Waals surface area contributed by atoms with Crippen LogP contribution < -0.4 is 5.32 Å². The number of benzene rings is 2. The van der Waals surface area contributed by atoms with Crippen LogP contribution >= 0.6 is 0 Å². The van der Waals surface area contributed by atoms with Crippen LogP contribution in [0.25, 0.3) is 11.3 Å². The Kier molecular flexibility index (Phi) is 5.42. The molecule has 4 rings (SSSR count). The van der Waals surface area contributed by atoms with E-state index < -0.39 is 11.7 Å². The van der Waals surface area contributed by atoms with Gasteiger partial charge < -0.3 is 14.6 Å². The second kappa shape index (κ2) is 8.31. The van der Waals surface area contributed by atoms with E-state index in [0.717, 1.165) is 32.4 Å². The van der Waals surface area contributed by atoms with E-state index in [-0.39, 0.29) is 23.0 Å². The van der Waals surface area contributed by atoms with Gasteiger partial charge in [-0.2, -0.15) is 0 Å². The van der Waals surface area contributed by atoms with Crippen LogP contribution in [0.1, 0.15) is 40.2 Å². The van der Waals surface area contributed by atoms with Crippen LogP contribution in [0.2, 0.25) is 0 Å². The minimum Gasteiger partial charge on any atom is -0.451 e. The first-order valence-electron chi connectivity index (χ1n) is 9.68. The molecule has 1 N–H and O–H groups in total. The summed E-state index contributed by atoms with van der Waals surface area (Å²) in [5.41, 5.74) is 1.16. The summed E-state index contributed by atoms with van der Waals surface area (Å²) in [6, 6.07) is 16.2. The molecule has 1 fully saturated rings. The number of hydrogen-bond donors (Lipinski definition) is 1. The maximum absolute atomic E-state index is 13.9. The van der Waals surface area contributed by atoms with Crippen molar-refractivity contribution in [2.24, 2.45) is 0 Å². The number of furan rings is 1. The quantitative estimate of drug-likeness (QED) is 0.682. The first kappa shape index (κ1) is 18.9. The summed E-state index contributed by atoms with van der Waals surface area (Å²) >= 11 is 0. The van der Waals surface area contributed by atoms with Crippen LogP contribution in [0.3, 0.4) is 0 Å². The SMILES string of the molecule is O=C(Nc1ccccc1C(=O)N1CCCCC1)c1ccc(-c2ccccc2F)o1. The fraction of sp³-hybridized carbons (Fsp3) is 0.217. The van der Waals surface area contributed by atoms with E-state index in [0.29, 0.717) is 11.3 Å². The molecule has 2 heterocycles. The van der Waals surface area contributed by atoms with Crippen molar-refractivity contribution < 1.29 is 18.4 Å². The third-order valence-corrected chi connectivity index (χ3v) is 5.02. The Balaban J connectivity index is 1.54. The second-order valence-electron chi connectivity index (χ2n) is 7.00. The first-order valence-corrected chi connectivity index (χ1v) is 9.68. The molecule has 2 amide bonds. The molecule has 0 unspecified atom stereocenters. The second-order valence-corrected chi connectivity index (χ2v) is 7.00. The lowest BCUT2D eigenvalue weighted by atomic mass is 10.1. The smallest absolute Gasteiger partial charge is 0.291 e. The fourth-order valence-corrected chi connectivity index (χ4v) is 3.50. The molecule has 1 aliphatic rings. The van der Waals surface area contributed by atoms with E-state index in [1.165, 1.54) is 12.1 Å². The molecule has 1 saturated heterocycles. The molecule has 0 aliphatic carbocycles. The predicted molar refractivity (Wildman–Crippen MR) is 108 cm³/mol. The van der Waals surface area contributed by atoms with E-state index in [9.17, 15) is 14.0 Å². The van der Waals surface area contributed by atoms with Gasteiger partial charge in [-0.25, -0.2) is 4.39 Å². The molecular weight excluding hydrogens is 371 g/mol. The summed E-state index contributed by atoms with van der Waals surface area (Å²) in [5, 5.41) is 2.75. The molecule has 0 radical (unpaired) electrons. The highest BCUT2D eigenvalue weighted by Crippen LogP contribution is 2.26. The average molecular weight is 392 g/mol. The van der Waals surface area contributed by atoms with E-state index >= 15 is 0 Å². The van der Waals surface area contributed by atoms with Gasteiger partial charge in [0.05, 0.1) is 16.8 Å². The van der Waals surface area contributed by atoms with Gasteiger partial charge in [0, 0.05) is 13.1 Å². The normalized spacial score (nSPS) is 13.9. The average Bonchev–Trinajstić information content (AvgIpc) is 3.25. The van der Waals surface area contributed by atoms with Crippen LogP contribution in [0, 0.1) is 5.82 Å². The molecule has 0 atom stereocenters. The lowest BCUT2D eigenvalue weighted by Gasteiger charge is -2.27. The van der Waals surface area contributed by atoms with Crippen molar-refractivity contribution in [3.8, 4) is 11.3 Å². The summed E-state index contributed by atoms with van der Waals surface area (Å²) in [5.74, 6) is -0.695. The molecule has 3 aromatic rings. The predicted octanol–water partition coefficient (Wildman–Crippen LogP) is 4.96. The van der Waals surface area contributed by atoms with Crippen LogP contribution in [0.15, 0.2) is 65.1 Å². The number of nitrogens with one attached hydrogen (secondary N) is 1. The fourth-order valence-electron chi connectivity index (χ4n) is 3.50. The van der Waals surface area contributed by atoms with Crippen molar-refractivity contribution in [2.45, 2.75) is 19.3 Å². The molecule has 29 heavy (non-hydrogen) atoms. The van der Waals surface area contributed by atoms with Crippen molar-refractivity contribution in [1.82, 2.24) is 4.90 Å². The molecular formula is C23H21FN2O3. The highest BCUT2D eigenvalue weighted by atomic mass is 19.1. The van der Waals surface area contributed by atoms with Crippen molar-refractivity contribution in [3.05, 3.63) is 77.8 Å². The number of anilines is 1. The van der Waals surface area contributed by atoms with Gasteiger partial charge in [-0.15, -0.1) is 0 Å². The van der Waals surface area contributed by atoms with Crippen molar-refractivity contribution >= 4 is 17.5 Å². The Hall–Kier alpha value is -3.41. The number of hydrogen-bond acceptors (Lipinski definition) is 3. The zero-order chi connectivity index (χ0) is 20.2. The summed E-state index contributed by atoms with van der Waals surface area (Å²) in [7, 11) is 0. The number of likely N-dealkylation sites (tertiary alicyclic amines) is 1. The van der Waals surface area contributed by atoms with Crippen molar-refractivity contribution in [2.75, 3.05) is 18.4 Å². The number of rotatable bonds is 4. The number of carbonyl (C=O) groups excluding carboxylic acids is 2. The van der Waals surface area contributed by atoms with E-state index in [2.05, 4.69) is 5.32 Å². The minimum atomic E-state index is -0.494. The molecule has 0 spiro atoms. The topological polar surface area (TPSA) is 62.6 Å². The van der Waals surface area contributed by atoms with Gasteiger partial charge in [0.2, 0.25) is 0 Å². The lowest BCUT2D eigenvalue weighted by Crippen LogP contribution is -2.36. The molecule has 1 aliphatic heterocycles. The Morgan fingerprint density at radius 3 is 2.41 bits per heavy atom. The maximum atomic E-state index is 13.9. The van der Waals surface area contributed by atoms with Gasteiger partial charge in [-0.1, -0.05) is 24.3 Å². The number of para-hydroxylation sites is 1. The van der Waals surface area contributed by atoms with Gasteiger partial charge in [-0.05, 0) is 55.7 Å². The highest BCUT2D eigenvalue weighted by molar-refractivity contribution is 6.08. The molecule has 0 saturated carbocycles. The standard InChI is InChI=1S/C23H21FN2O3/c24-18-10-4-2-8-16(18)20-12-13-21(29-20)22(27)25-19-11-5-3-9-17(19)23(28)26-14-6-1-7-15-26/h2-5,8-13H,1,6-7,14-15H2,(H,25,27). The first-order chi connectivity index (χ1) is 14.1. The van der Waals surface area contributed by atoms with Gasteiger partial charge in [0.25, 0.3) is 11.8 Å². The van der Waals surface area contributed by atoms with E-state index in [4.69, 9.17) is 4.42 Å². The maximum Gasteiger partial charge on any atom is 0.291 e. The van der Waals surface area contributed by atoms with Gasteiger partial charge in [-0.3, -0.25) is 9.59 Å². The summed E-state index contributed by atoms with van der Waals surface area (Å²) in [4.78, 5) is 27.4. The van der Waals surface area contributed by atoms with E-state index in [1.807, 2.05) is 4.90 Å². The highest BCUT2D eigenvalue weighted by Gasteiger charge is 2.22. The summed E-state index contributed by atoms with van der Waals surface area (Å²) in [6.07, 6.45) is 3.11. The van der Waals surface area contributed by atoms with Gasteiger partial charge in [0.15, 0.2) is 5.76 Å². The van der Waals surface area contributed by atoms with Crippen LogP contribution in [0.5, 0.6) is 0 Å². The molecule has 6 heteroatoms. The number of piperidine rings is 1. The number of halogens is 1. The zero-order valence-electron chi connectivity index (χ0n) is 15.9. The molecule has 0 bridgehead atoms. The Morgan fingerprint density at radius 2 is 1.62 bits per heavy atom. The minimum absolute atomic E-state index is 0.0449. The molecule has 1 aromatic heterocycles. The summed E-state index contributed by atoms with van der Waals surface area (Å²) < 4.78 is 19.5. The molecule has 2 aromatic carbocycles. The van der Waals surface area contributed by atoms with Gasteiger partial charge in [0.1, 0.15) is 11.6 Å². The zero-order valence-corrected chi connectivity index (χ0v) is 15.9. The number of carbonyl (C=O) groups is 2. The number of nitrogens with zero attached hydrogens (tertiary/aromatic N) is 1. The number of amides is 2. The molecule has 148 valence electrons. The Labute approximate surface area is 168 Å². The van der Waals surface area contributed by atoms with Gasteiger partial charge >= 0.3 is 0 Å². The van der Waals surface area contributed by atoms with Crippen LogP contribution in [0.4, 0.5) is 10.1 Å². The van der Waals surface area contributed by atoms with Crippen LogP contribution in [-0.4, -0.2) is 29.8 Å². The third-order valence-electron chi connectivity index (χ3n) is 5.02. The molecule has 5 nitrogen and oxygen atoms in total. The Morgan fingerprint density at radius 1 is 0.897 bits per heavy atom.